The smallest absolute Gasteiger partial charge is 0.303 e. The van der Waals surface area contributed by atoms with Crippen LogP contribution in [0.2, 0.25) is 5.02 Å². The van der Waals surface area contributed by atoms with Crippen LogP contribution in [0, 0.1) is 0 Å². The molecule has 0 aromatic heterocycles. The first kappa shape index (κ1) is 12.0. The molecule has 1 N–H and O–H groups in total. The van der Waals surface area contributed by atoms with E-state index in [1.165, 1.54) is 0 Å². The van der Waals surface area contributed by atoms with Gasteiger partial charge in [0.25, 0.3) is 0 Å². The van der Waals surface area contributed by atoms with E-state index in [-0.39, 0.29) is 12.5 Å². The summed E-state index contributed by atoms with van der Waals surface area (Å²) in [5, 5.41) is 9.28. The van der Waals surface area contributed by atoms with E-state index < -0.39 is 5.97 Å². The molecule has 92 valence electrons. The zero-order valence-corrected chi connectivity index (χ0v) is 10.3. The molecule has 17 heavy (non-hydrogen) atoms. The summed E-state index contributed by atoms with van der Waals surface area (Å²) >= 11 is 6.04. The molecule has 0 spiro atoms. The van der Waals surface area contributed by atoms with E-state index in [2.05, 4.69) is 0 Å². The number of rotatable bonds is 3. The molecule has 1 aromatic rings. The third kappa shape index (κ3) is 2.47. The molecule has 0 bridgehead atoms. The van der Waals surface area contributed by atoms with E-state index in [0.717, 1.165) is 5.69 Å². The number of fused-ring (bicyclic) bond motifs is 1. The summed E-state index contributed by atoms with van der Waals surface area (Å²) in [7, 11) is 1.93. The van der Waals surface area contributed by atoms with Gasteiger partial charge in [0.05, 0.1) is 16.8 Å². The zero-order valence-electron chi connectivity index (χ0n) is 9.52. The van der Waals surface area contributed by atoms with Crippen LogP contribution in [0.5, 0.6) is 5.75 Å². The number of hydrogen-bond acceptors (Lipinski definition) is 3. The lowest BCUT2D eigenvalue weighted by Crippen LogP contribution is -2.40. The second-order valence-corrected chi connectivity index (χ2v) is 4.50. The number of benzene rings is 1. The number of halogens is 1. The van der Waals surface area contributed by atoms with Crippen molar-refractivity contribution in [3.8, 4) is 5.75 Å². The van der Waals surface area contributed by atoms with Crippen molar-refractivity contribution in [1.29, 1.82) is 0 Å². The fourth-order valence-corrected chi connectivity index (χ4v) is 2.20. The number of carboxylic acid groups (broad SMARTS) is 1. The standard InChI is InChI=1S/C12H14ClNO3/c1-14-8(5-6-11(15)16)7-17-12-9(13)3-2-4-10(12)14/h2-4,8H,5-7H2,1H3,(H,15,16). The molecular formula is C12H14ClNO3. The lowest BCUT2D eigenvalue weighted by molar-refractivity contribution is -0.137. The van der Waals surface area contributed by atoms with Gasteiger partial charge in [-0.25, -0.2) is 0 Å². The Labute approximate surface area is 105 Å². The molecule has 1 unspecified atom stereocenters. The number of likely N-dealkylation sites (N-methyl/N-ethyl adjacent to an activating group) is 1. The summed E-state index contributed by atoms with van der Waals surface area (Å²) in [6.07, 6.45) is 0.714. The third-order valence-electron chi connectivity index (χ3n) is 2.99. The highest BCUT2D eigenvalue weighted by molar-refractivity contribution is 6.32. The molecule has 1 aliphatic heterocycles. The maximum absolute atomic E-state index is 10.6. The molecule has 1 aliphatic rings. The van der Waals surface area contributed by atoms with Gasteiger partial charge >= 0.3 is 5.97 Å². The van der Waals surface area contributed by atoms with Crippen LogP contribution in [-0.2, 0) is 4.79 Å². The van der Waals surface area contributed by atoms with Crippen LogP contribution in [0.1, 0.15) is 12.8 Å². The maximum Gasteiger partial charge on any atom is 0.303 e. The van der Waals surface area contributed by atoms with Crippen LogP contribution >= 0.6 is 11.6 Å². The Balaban J connectivity index is 2.15. The van der Waals surface area contributed by atoms with Gasteiger partial charge in [0.2, 0.25) is 0 Å². The van der Waals surface area contributed by atoms with E-state index in [0.29, 0.717) is 23.8 Å². The molecule has 0 radical (unpaired) electrons. The predicted octanol–water partition coefficient (Wildman–Crippen LogP) is 2.40. The van der Waals surface area contributed by atoms with Crippen LogP contribution in [0.25, 0.3) is 0 Å². The normalized spacial score (nSPS) is 18.5. The van der Waals surface area contributed by atoms with Gasteiger partial charge in [0.15, 0.2) is 5.75 Å². The monoisotopic (exact) mass is 255 g/mol. The molecule has 0 aliphatic carbocycles. The number of hydrogen-bond donors (Lipinski definition) is 1. The number of aliphatic carboxylic acids is 1. The van der Waals surface area contributed by atoms with Crippen LogP contribution in [0.3, 0.4) is 0 Å². The van der Waals surface area contributed by atoms with Gasteiger partial charge in [-0.3, -0.25) is 4.79 Å². The second-order valence-electron chi connectivity index (χ2n) is 4.10. The molecule has 0 saturated heterocycles. The van der Waals surface area contributed by atoms with Gasteiger partial charge in [-0.1, -0.05) is 17.7 Å². The summed E-state index contributed by atoms with van der Waals surface area (Å²) in [4.78, 5) is 12.6. The van der Waals surface area contributed by atoms with Crippen molar-refractivity contribution in [2.75, 3.05) is 18.6 Å². The highest BCUT2D eigenvalue weighted by Crippen LogP contribution is 2.39. The van der Waals surface area contributed by atoms with Crippen molar-refractivity contribution < 1.29 is 14.6 Å². The minimum Gasteiger partial charge on any atom is -0.488 e. The summed E-state index contributed by atoms with van der Waals surface area (Å²) in [6.45, 7) is 0.473. The largest absolute Gasteiger partial charge is 0.488 e. The Bertz CT molecular complexity index is 436. The van der Waals surface area contributed by atoms with Crippen molar-refractivity contribution in [1.82, 2.24) is 0 Å². The first-order chi connectivity index (χ1) is 8.09. The SMILES string of the molecule is CN1c2cccc(Cl)c2OCC1CCC(=O)O. The van der Waals surface area contributed by atoms with E-state index in [9.17, 15) is 4.79 Å². The van der Waals surface area contributed by atoms with Crippen molar-refractivity contribution in [2.24, 2.45) is 0 Å². The van der Waals surface area contributed by atoms with Crippen LogP contribution in [0.15, 0.2) is 18.2 Å². The van der Waals surface area contributed by atoms with Crippen molar-refractivity contribution >= 4 is 23.3 Å². The lowest BCUT2D eigenvalue weighted by Gasteiger charge is -2.36. The molecule has 0 fully saturated rings. The van der Waals surface area contributed by atoms with Gasteiger partial charge in [0.1, 0.15) is 6.61 Å². The molecule has 0 amide bonds. The molecule has 1 atom stereocenters. The number of nitrogens with zero attached hydrogens (tertiary/aromatic N) is 1. The highest BCUT2D eigenvalue weighted by Gasteiger charge is 2.26. The van der Waals surface area contributed by atoms with Crippen LogP contribution in [-0.4, -0.2) is 30.8 Å². The minimum atomic E-state index is -0.782. The van der Waals surface area contributed by atoms with Crippen molar-refractivity contribution in [3.05, 3.63) is 23.2 Å². The summed E-state index contributed by atoms with van der Waals surface area (Å²) in [5.41, 5.74) is 0.916. The van der Waals surface area contributed by atoms with Crippen LogP contribution in [0.4, 0.5) is 5.69 Å². The van der Waals surface area contributed by atoms with E-state index in [1.807, 2.05) is 24.1 Å². The second kappa shape index (κ2) is 4.84. The Morgan fingerprint density at radius 1 is 1.65 bits per heavy atom. The number of carbonyl (C=O) groups is 1. The van der Waals surface area contributed by atoms with Gasteiger partial charge in [-0.15, -0.1) is 0 Å². The van der Waals surface area contributed by atoms with Gasteiger partial charge < -0.3 is 14.7 Å². The average molecular weight is 256 g/mol. The Morgan fingerprint density at radius 2 is 2.41 bits per heavy atom. The average Bonchev–Trinajstić information content (AvgIpc) is 2.29. The number of anilines is 1. The van der Waals surface area contributed by atoms with Crippen molar-refractivity contribution in [2.45, 2.75) is 18.9 Å². The van der Waals surface area contributed by atoms with Crippen LogP contribution < -0.4 is 9.64 Å². The number of ether oxygens (including phenoxy) is 1. The zero-order chi connectivity index (χ0) is 12.4. The summed E-state index contributed by atoms with van der Waals surface area (Å²) < 4.78 is 5.60. The van der Waals surface area contributed by atoms with Crippen molar-refractivity contribution in [3.63, 3.8) is 0 Å². The fourth-order valence-electron chi connectivity index (χ4n) is 1.97. The summed E-state index contributed by atoms with van der Waals surface area (Å²) in [5.74, 6) is -0.0986. The highest BCUT2D eigenvalue weighted by atomic mass is 35.5. The first-order valence-corrected chi connectivity index (χ1v) is 5.83. The molecule has 1 heterocycles. The molecule has 1 aromatic carbocycles. The molecule has 2 rings (SSSR count). The number of para-hydroxylation sites is 1. The van der Waals surface area contributed by atoms with Gasteiger partial charge in [0, 0.05) is 13.5 Å². The van der Waals surface area contributed by atoms with E-state index in [1.54, 1.807) is 6.07 Å². The maximum atomic E-state index is 10.6. The molecule has 0 saturated carbocycles. The lowest BCUT2D eigenvalue weighted by atomic mass is 10.1. The van der Waals surface area contributed by atoms with Gasteiger partial charge in [-0.2, -0.15) is 0 Å². The first-order valence-electron chi connectivity index (χ1n) is 5.45. The third-order valence-corrected chi connectivity index (χ3v) is 3.28. The van der Waals surface area contributed by atoms with Gasteiger partial charge in [-0.05, 0) is 18.6 Å². The predicted molar refractivity (Wildman–Crippen MR) is 66.0 cm³/mol. The van der Waals surface area contributed by atoms with E-state index >= 15 is 0 Å². The number of carboxylic acids is 1. The Hall–Kier alpha value is -1.42. The Kier molecular flexibility index (Phi) is 3.43. The quantitative estimate of drug-likeness (QED) is 0.901. The molecule has 4 nitrogen and oxygen atoms in total. The fraction of sp³-hybridized carbons (Fsp3) is 0.417. The minimum absolute atomic E-state index is 0.0806. The topological polar surface area (TPSA) is 49.8 Å². The Morgan fingerprint density at radius 3 is 3.12 bits per heavy atom. The summed E-state index contributed by atoms with van der Waals surface area (Å²) in [6, 6.07) is 5.65. The van der Waals surface area contributed by atoms with E-state index in [4.69, 9.17) is 21.4 Å². The molecule has 5 heteroatoms. The molecular weight excluding hydrogens is 242 g/mol.